The van der Waals surface area contributed by atoms with Gasteiger partial charge in [0, 0.05) is 20.1 Å². The fourth-order valence-corrected chi connectivity index (χ4v) is 7.88. The Kier molecular flexibility index (Phi) is 13.2. The number of ether oxygens (including phenoxy) is 2. The average molecular weight is 742 g/mol. The van der Waals surface area contributed by atoms with Gasteiger partial charge < -0.3 is 29.9 Å². The minimum Gasteiger partial charge on any atom is -0.492 e. The third kappa shape index (κ3) is 9.97. The highest BCUT2D eigenvalue weighted by Gasteiger charge is 2.42. The fraction of sp³-hybridized carbons (Fsp3) is 0.561. The molecule has 4 amide bonds. The number of likely N-dealkylation sites (N-methyl/N-ethyl adjacent to an activating group) is 1. The predicted octanol–water partition coefficient (Wildman–Crippen LogP) is 4.54. The molecule has 4 aliphatic rings. The van der Waals surface area contributed by atoms with Gasteiger partial charge in [0.05, 0.1) is 18.3 Å². The van der Waals surface area contributed by atoms with E-state index in [-0.39, 0.29) is 36.2 Å². The lowest BCUT2D eigenvalue weighted by Crippen LogP contribution is -2.57. The van der Waals surface area contributed by atoms with Crippen molar-refractivity contribution in [3.05, 3.63) is 71.5 Å². The molecule has 2 fully saturated rings. The van der Waals surface area contributed by atoms with Gasteiger partial charge in [-0.3, -0.25) is 19.2 Å². The molecule has 4 heterocycles. The first-order valence-electron chi connectivity index (χ1n) is 19.6. The van der Waals surface area contributed by atoms with E-state index in [1.165, 1.54) is 11.3 Å². The van der Waals surface area contributed by atoms with Crippen LogP contribution in [0.5, 0.6) is 11.5 Å². The molecule has 3 atom stereocenters. The summed E-state index contributed by atoms with van der Waals surface area (Å²) in [6.07, 6.45) is 9.87. The van der Waals surface area contributed by atoms with Crippen molar-refractivity contribution in [1.29, 1.82) is 0 Å². The Morgan fingerprint density at radius 1 is 0.889 bits per heavy atom. The summed E-state index contributed by atoms with van der Waals surface area (Å²) in [7, 11) is 1.67. The molecule has 13 heteroatoms. The highest BCUT2D eigenvalue weighted by molar-refractivity contribution is 6.00. The van der Waals surface area contributed by atoms with Gasteiger partial charge in [-0.25, -0.2) is 4.68 Å². The van der Waals surface area contributed by atoms with Gasteiger partial charge >= 0.3 is 0 Å². The Morgan fingerprint density at radius 2 is 1.67 bits per heavy atom. The summed E-state index contributed by atoms with van der Waals surface area (Å²) >= 11 is 0. The third-order valence-electron chi connectivity index (χ3n) is 10.8. The molecule has 54 heavy (non-hydrogen) atoms. The number of amides is 4. The maximum Gasteiger partial charge on any atom is 0.255 e. The summed E-state index contributed by atoms with van der Waals surface area (Å²) in [5.74, 6) is 0.375. The summed E-state index contributed by atoms with van der Waals surface area (Å²) in [5, 5.41) is 14.6. The summed E-state index contributed by atoms with van der Waals surface area (Å²) < 4.78 is 13.7. The zero-order chi connectivity index (χ0) is 38.0. The lowest BCUT2D eigenvalue weighted by molar-refractivity contribution is -0.148. The van der Waals surface area contributed by atoms with Gasteiger partial charge in [-0.05, 0) is 73.8 Å². The van der Waals surface area contributed by atoms with Gasteiger partial charge in [0.15, 0.2) is 0 Å². The monoisotopic (exact) mass is 741 g/mol. The van der Waals surface area contributed by atoms with Crippen LogP contribution in [0.15, 0.2) is 54.7 Å². The molecular formula is C41H55N7O6. The van der Waals surface area contributed by atoms with E-state index in [9.17, 15) is 19.2 Å². The number of nitrogens with zero attached hydrogens (tertiary/aromatic N) is 5. The fourth-order valence-electron chi connectivity index (χ4n) is 7.88. The maximum atomic E-state index is 14.5. The van der Waals surface area contributed by atoms with Crippen molar-refractivity contribution in [2.75, 3.05) is 26.7 Å². The number of nitrogens with one attached hydrogen (secondary N) is 2. The van der Waals surface area contributed by atoms with Crippen LogP contribution in [-0.4, -0.2) is 93.3 Å². The molecule has 0 radical (unpaired) electrons. The Hall–Kier alpha value is -4.94. The van der Waals surface area contributed by atoms with Crippen LogP contribution in [-0.2, 0) is 34.0 Å². The summed E-state index contributed by atoms with van der Waals surface area (Å²) in [5.41, 5.74) is 1.94. The van der Waals surface area contributed by atoms with Crippen molar-refractivity contribution in [2.24, 2.45) is 11.8 Å². The van der Waals surface area contributed by atoms with Gasteiger partial charge in [0.2, 0.25) is 17.7 Å². The quantitative estimate of drug-likeness (QED) is 0.396. The minimum absolute atomic E-state index is 0.0945. The molecule has 7 rings (SSSR count). The van der Waals surface area contributed by atoms with Crippen LogP contribution in [0.3, 0.4) is 0 Å². The van der Waals surface area contributed by atoms with E-state index in [2.05, 4.69) is 20.9 Å². The van der Waals surface area contributed by atoms with Crippen LogP contribution in [0.1, 0.15) is 93.3 Å². The second kappa shape index (κ2) is 18.4. The molecule has 13 nitrogen and oxygen atoms in total. The Morgan fingerprint density at radius 3 is 2.44 bits per heavy atom. The SMILES string of the molecule is CC(C)C[C@H]1C(=O)NCCc2ccc(cc2)OCCn2cc(nn2)COc2ccccc2C(=O)N[C@H](CC2CCCCC2)C(=O)N2CCC[C@@H]2C(=O)N1C. The number of hydrogen-bond acceptors (Lipinski definition) is 8. The topological polar surface area (TPSA) is 148 Å². The summed E-state index contributed by atoms with van der Waals surface area (Å²) in [6, 6.07) is 12.5. The van der Waals surface area contributed by atoms with Crippen molar-refractivity contribution in [1.82, 2.24) is 35.4 Å². The minimum atomic E-state index is -0.819. The van der Waals surface area contributed by atoms with Crippen LogP contribution >= 0.6 is 0 Å². The van der Waals surface area contributed by atoms with E-state index < -0.39 is 24.0 Å². The molecule has 3 aliphatic heterocycles. The number of rotatable bonds is 4. The number of aromatic nitrogens is 3. The van der Waals surface area contributed by atoms with Crippen molar-refractivity contribution in [2.45, 2.75) is 109 Å². The average Bonchev–Trinajstić information content (AvgIpc) is 3.86. The molecule has 2 aromatic carbocycles. The standard InChI is InChI=1S/C41H55N7O6/c1-28(2)24-36-39(50)42-20-19-29-15-17-32(18-16-29)53-23-22-47-26-31(44-45-47)27-54-37-14-8-7-12-33(37)38(49)43-34(25-30-10-5-4-6-11-30)40(51)48-21-9-13-35(48)41(52)46(36)3/h7-8,12,14-18,26,28,30,34-36H,4-6,9-11,13,19-25,27H2,1-3H3,(H,42,50)(H,43,49)/t34-,35-,36+/m1/s1. The lowest BCUT2D eigenvalue weighted by atomic mass is 9.84. The van der Waals surface area contributed by atoms with Gasteiger partial charge in [0.1, 0.15) is 48.5 Å². The number of carbonyl (C=O) groups excluding carboxylic acids is 4. The molecule has 1 saturated heterocycles. The molecule has 1 aliphatic carbocycles. The van der Waals surface area contributed by atoms with Crippen LogP contribution in [0.25, 0.3) is 0 Å². The van der Waals surface area contributed by atoms with Gasteiger partial charge in [-0.2, -0.15) is 0 Å². The first-order chi connectivity index (χ1) is 26.2. The molecule has 4 bridgehead atoms. The molecule has 0 unspecified atom stereocenters. The number of hydrogen-bond donors (Lipinski definition) is 2. The number of benzene rings is 2. The van der Waals surface area contributed by atoms with Crippen molar-refractivity contribution in [3.8, 4) is 11.5 Å². The van der Waals surface area contributed by atoms with E-state index in [1.54, 1.807) is 47.1 Å². The number of carbonyl (C=O) groups is 4. The first-order valence-corrected chi connectivity index (χ1v) is 19.6. The van der Waals surface area contributed by atoms with E-state index in [0.29, 0.717) is 75.4 Å². The predicted molar refractivity (Wildman–Crippen MR) is 203 cm³/mol. The van der Waals surface area contributed by atoms with Gasteiger partial charge in [-0.15, -0.1) is 5.10 Å². The molecule has 3 aromatic rings. The molecule has 1 aromatic heterocycles. The second-order valence-corrected chi connectivity index (χ2v) is 15.3. The number of fused-ring (bicyclic) bond motifs is 14. The maximum absolute atomic E-state index is 14.5. The van der Waals surface area contributed by atoms with E-state index in [0.717, 1.165) is 37.0 Å². The highest BCUT2D eigenvalue weighted by atomic mass is 16.5. The zero-order valence-corrected chi connectivity index (χ0v) is 31.9. The van der Waals surface area contributed by atoms with Crippen molar-refractivity contribution in [3.63, 3.8) is 0 Å². The second-order valence-electron chi connectivity index (χ2n) is 15.3. The smallest absolute Gasteiger partial charge is 0.255 e. The number of para-hydroxylation sites is 1. The Balaban J connectivity index is 1.27. The van der Waals surface area contributed by atoms with Gasteiger partial charge in [-0.1, -0.05) is 75.4 Å². The van der Waals surface area contributed by atoms with E-state index >= 15 is 0 Å². The summed E-state index contributed by atoms with van der Waals surface area (Å²) in [4.78, 5) is 59.7. The van der Waals surface area contributed by atoms with Gasteiger partial charge in [0.25, 0.3) is 5.91 Å². The molecule has 1 saturated carbocycles. The van der Waals surface area contributed by atoms with E-state index in [1.807, 2.05) is 38.1 Å². The molecule has 2 N–H and O–H groups in total. The Bertz CT molecular complexity index is 1740. The Labute approximate surface area is 318 Å². The highest BCUT2D eigenvalue weighted by Crippen LogP contribution is 2.30. The van der Waals surface area contributed by atoms with Crippen molar-refractivity contribution >= 4 is 23.6 Å². The lowest BCUT2D eigenvalue weighted by Gasteiger charge is -2.35. The van der Waals surface area contributed by atoms with Crippen LogP contribution in [0, 0.1) is 11.8 Å². The molecule has 0 spiro atoms. The normalized spacial score (nSPS) is 22.9. The van der Waals surface area contributed by atoms with Crippen LogP contribution in [0.4, 0.5) is 0 Å². The molecule has 290 valence electrons. The van der Waals surface area contributed by atoms with E-state index in [4.69, 9.17) is 9.47 Å². The largest absolute Gasteiger partial charge is 0.492 e. The summed E-state index contributed by atoms with van der Waals surface area (Å²) in [6.45, 7) is 5.83. The van der Waals surface area contributed by atoms with Crippen molar-refractivity contribution < 1.29 is 28.7 Å². The zero-order valence-electron chi connectivity index (χ0n) is 31.9. The van der Waals surface area contributed by atoms with Crippen LogP contribution in [0.2, 0.25) is 0 Å². The molecular weight excluding hydrogens is 686 g/mol. The first kappa shape index (κ1) is 38.8. The van der Waals surface area contributed by atoms with Crippen LogP contribution < -0.4 is 20.1 Å². The third-order valence-corrected chi connectivity index (χ3v) is 10.8.